The van der Waals surface area contributed by atoms with Gasteiger partial charge < -0.3 is 14.5 Å². The maximum Gasteiger partial charge on any atom is 0.410 e. The first-order valence-corrected chi connectivity index (χ1v) is 12.5. The summed E-state index contributed by atoms with van der Waals surface area (Å²) in [6.07, 6.45) is 1.47. The van der Waals surface area contributed by atoms with E-state index in [4.69, 9.17) is 16.3 Å². The van der Waals surface area contributed by atoms with Gasteiger partial charge in [0.2, 0.25) is 5.28 Å². The molecule has 2 aromatic rings. The van der Waals surface area contributed by atoms with Crippen LogP contribution in [0.1, 0.15) is 44.0 Å². The van der Waals surface area contributed by atoms with E-state index < -0.39 is 5.60 Å². The number of hydrogen-bond acceptors (Lipinski definition) is 7. The summed E-state index contributed by atoms with van der Waals surface area (Å²) in [5.74, 6) is 0.827. The van der Waals surface area contributed by atoms with Crippen LogP contribution in [0.4, 0.5) is 10.6 Å². The van der Waals surface area contributed by atoms with Gasteiger partial charge in [0.05, 0.1) is 24.2 Å². The average molecular weight is 497 g/mol. The number of benzene rings is 1. The van der Waals surface area contributed by atoms with E-state index in [1.165, 1.54) is 5.56 Å². The Kier molecular flexibility index (Phi) is 7.78. The van der Waals surface area contributed by atoms with Gasteiger partial charge in [-0.3, -0.25) is 4.90 Å². The summed E-state index contributed by atoms with van der Waals surface area (Å²) in [7, 11) is 0. The highest BCUT2D eigenvalue weighted by Gasteiger charge is 2.35. The molecular weight excluding hydrogens is 464 g/mol. The van der Waals surface area contributed by atoms with Crippen molar-refractivity contribution in [2.75, 3.05) is 37.6 Å². The summed E-state index contributed by atoms with van der Waals surface area (Å²) in [6.45, 7) is 9.79. The highest BCUT2D eigenvalue weighted by Crippen LogP contribution is 2.29. The number of anilines is 1. The normalized spacial score (nSPS) is 19.0. The van der Waals surface area contributed by atoms with E-state index in [2.05, 4.69) is 50.1 Å². The number of rotatable bonds is 4. The summed E-state index contributed by atoms with van der Waals surface area (Å²) in [6, 6.07) is 12.4. The van der Waals surface area contributed by atoms with Crippen molar-refractivity contribution in [2.24, 2.45) is 0 Å². The van der Waals surface area contributed by atoms with Gasteiger partial charge in [-0.05, 0) is 44.4 Å². The predicted molar refractivity (Wildman–Crippen MR) is 135 cm³/mol. The topological polar surface area (TPSA) is 85.6 Å². The molecule has 3 heterocycles. The Labute approximate surface area is 212 Å². The summed E-state index contributed by atoms with van der Waals surface area (Å²) >= 11 is 6.37. The lowest BCUT2D eigenvalue weighted by Gasteiger charge is -2.42. The standard InChI is InChI=1S/C26H33ClN6O2/c1-26(2,3)35-25(34)33-16-15-32(18-20(33)9-12-28)23-21-10-13-31(17-19-7-5-4-6-8-19)14-11-22(21)29-24(27)30-23/h4-8,20H,9-11,13-18H2,1-3H3. The monoisotopic (exact) mass is 496 g/mol. The van der Waals surface area contributed by atoms with E-state index in [1.54, 1.807) is 4.90 Å². The highest BCUT2D eigenvalue weighted by molar-refractivity contribution is 6.28. The number of nitrogens with zero attached hydrogens (tertiary/aromatic N) is 6. The second kappa shape index (κ2) is 10.8. The van der Waals surface area contributed by atoms with E-state index in [1.807, 2.05) is 26.8 Å². The summed E-state index contributed by atoms with van der Waals surface area (Å²) in [5, 5.41) is 9.67. The van der Waals surface area contributed by atoms with Crippen LogP contribution in [-0.4, -0.2) is 70.2 Å². The first-order chi connectivity index (χ1) is 16.7. The molecular formula is C26H33ClN6O2. The van der Waals surface area contributed by atoms with Crippen LogP contribution in [0, 0.1) is 11.3 Å². The Morgan fingerprint density at radius 1 is 1.14 bits per heavy atom. The number of amides is 1. The van der Waals surface area contributed by atoms with Crippen LogP contribution < -0.4 is 4.90 Å². The Bertz CT molecular complexity index is 1080. The van der Waals surface area contributed by atoms with Crippen LogP contribution in [0.25, 0.3) is 0 Å². The summed E-state index contributed by atoms with van der Waals surface area (Å²) in [5.41, 5.74) is 2.81. The highest BCUT2D eigenvalue weighted by atomic mass is 35.5. The van der Waals surface area contributed by atoms with Gasteiger partial charge in [-0.1, -0.05) is 30.3 Å². The molecule has 1 aromatic heterocycles. The largest absolute Gasteiger partial charge is 0.444 e. The van der Waals surface area contributed by atoms with Crippen molar-refractivity contribution in [3.63, 3.8) is 0 Å². The van der Waals surface area contributed by atoms with Crippen LogP contribution in [0.3, 0.4) is 0 Å². The van der Waals surface area contributed by atoms with Crippen molar-refractivity contribution in [2.45, 2.75) is 58.2 Å². The fourth-order valence-electron chi connectivity index (χ4n) is 4.75. The molecule has 9 heteroatoms. The van der Waals surface area contributed by atoms with Crippen LogP contribution in [-0.2, 0) is 24.1 Å². The molecule has 1 atom stereocenters. The zero-order valence-corrected chi connectivity index (χ0v) is 21.5. The number of carbonyl (C=O) groups is 1. The molecule has 0 saturated carbocycles. The molecule has 186 valence electrons. The number of nitriles is 1. The first kappa shape index (κ1) is 25.2. The fraction of sp³-hybridized carbons (Fsp3) is 0.538. The van der Waals surface area contributed by atoms with E-state index in [0.717, 1.165) is 49.6 Å². The molecule has 0 bridgehead atoms. The quantitative estimate of drug-likeness (QED) is 0.590. The molecule has 1 aromatic carbocycles. The fourth-order valence-corrected chi connectivity index (χ4v) is 4.93. The molecule has 0 radical (unpaired) electrons. The van der Waals surface area contributed by atoms with Crippen molar-refractivity contribution < 1.29 is 9.53 Å². The number of ether oxygens (including phenoxy) is 1. The van der Waals surface area contributed by atoms with Crippen molar-refractivity contribution in [3.8, 4) is 6.07 Å². The van der Waals surface area contributed by atoms with Crippen LogP contribution in [0.5, 0.6) is 0 Å². The second-order valence-corrected chi connectivity index (χ2v) is 10.5. The van der Waals surface area contributed by atoms with Gasteiger partial charge in [0.25, 0.3) is 0 Å². The molecule has 4 rings (SSSR count). The zero-order chi connectivity index (χ0) is 25.0. The molecule has 2 aliphatic rings. The summed E-state index contributed by atoms with van der Waals surface area (Å²) < 4.78 is 5.59. The molecule has 1 amide bonds. The molecule has 1 saturated heterocycles. The minimum Gasteiger partial charge on any atom is -0.444 e. The lowest BCUT2D eigenvalue weighted by Crippen LogP contribution is -2.56. The Morgan fingerprint density at radius 3 is 2.60 bits per heavy atom. The Hall–Kier alpha value is -2.89. The maximum atomic E-state index is 12.8. The predicted octanol–water partition coefficient (Wildman–Crippen LogP) is 4.07. The van der Waals surface area contributed by atoms with E-state index in [-0.39, 0.29) is 23.8 Å². The van der Waals surface area contributed by atoms with E-state index in [9.17, 15) is 10.1 Å². The van der Waals surface area contributed by atoms with Gasteiger partial charge >= 0.3 is 6.09 Å². The van der Waals surface area contributed by atoms with Gasteiger partial charge in [0.15, 0.2) is 0 Å². The first-order valence-electron chi connectivity index (χ1n) is 12.2. The van der Waals surface area contributed by atoms with Crippen LogP contribution in [0.2, 0.25) is 5.28 Å². The number of fused-ring (bicyclic) bond motifs is 1. The molecule has 1 fully saturated rings. The SMILES string of the molecule is CC(C)(C)OC(=O)N1CCN(c2nc(Cl)nc3c2CCN(Cc2ccccc2)CC3)CC1CC#N. The van der Waals surface area contributed by atoms with Gasteiger partial charge in [0.1, 0.15) is 11.4 Å². The molecule has 1 unspecified atom stereocenters. The molecule has 0 aliphatic carbocycles. The van der Waals surface area contributed by atoms with Crippen molar-refractivity contribution >= 4 is 23.5 Å². The third-order valence-corrected chi connectivity index (χ3v) is 6.54. The van der Waals surface area contributed by atoms with Gasteiger partial charge in [-0.25, -0.2) is 14.8 Å². The number of piperazine rings is 1. The molecule has 35 heavy (non-hydrogen) atoms. The summed E-state index contributed by atoms with van der Waals surface area (Å²) in [4.78, 5) is 28.3. The van der Waals surface area contributed by atoms with Gasteiger partial charge in [0, 0.05) is 51.3 Å². The second-order valence-electron chi connectivity index (χ2n) is 10.1. The third-order valence-electron chi connectivity index (χ3n) is 6.37. The van der Waals surface area contributed by atoms with E-state index >= 15 is 0 Å². The Morgan fingerprint density at radius 2 is 1.89 bits per heavy atom. The molecule has 8 nitrogen and oxygen atoms in total. The molecule has 0 N–H and O–H groups in total. The van der Waals surface area contributed by atoms with E-state index in [0.29, 0.717) is 19.6 Å². The maximum absolute atomic E-state index is 12.8. The zero-order valence-electron chi connectivity index (χ0n) is 20.7. The Balaban J connectivity index is 1.52. The minimum atomic E-state index is -0.589. The van der Waals surface area contributed by atoms with Gasteiger partial charge in [-0.15, -0.1) is 0 Å². The van der Waals surface area contributed by atoms with Crippen molar-refractivity contribution in [1.29, 1.82) is 5.26 Å². The smallest absolute Gasteiger partial charge is 0.410 e. The average Bonchev–Trinajstić information content (AvgIpc) is 3.00. The number of hydrogen-bond donors (Lipinski definition) is 0. The lowest BCUT2D eigenvalue weighted by atomic mass is 10.1. The van der Waals surface area contributed by atoms with Crippen LogP contribution in [0.15, 0.2) is 30.3 Å². The van der Waals surface area contributed by atoms with Crippen molar-refractivity contribution in [3.05, 3.63) is 52.4 Å². The third kappa shape index (κ3) is 6.41. The van der Waals surface area contributed by atoms with Crippen molar-refractivity contribution in [1.82, 2.24) is 19.8 Å². The molecule has 0 spiro atoms. The van der Waals surface area contributed by atoms with Crippen LogP contribution >= 0.6 is 11.6 Å². The lowest BCUT2D eigenvalue weighted by molar-refractivity contribution is 0.0145. The minimum absolute atomic E-state index is 0.224. The number of carbonyl (C=O) groups excluding carboxylic acids is 1. The molecule has 2 aliphatic heterocycles. The van der Waals surface area contributed by atoms with Gasteiger partial charge in [-0.2, -0.15) is 5.26 Å². The number of aromatic nitrogens is 2. The number of halogens is 1.